The quantitative estimate of drug-likeness (QED) is 0.291. The van der Waals surface area contributed by atoms with Gasteiger partial charge in [0, 0.05) is 36.0 Å². The second-order valence-corrected chi connectivity index (χ2v) is 6.44. The van der Waals surface area contributed by atoms with Crippen LogP contribution < -0.4 is 21.5 Å². The number of hydrazine groups is 1. The summed E-state index contributed by atoms with van der Waals surface area (Å²) in [6.07, 6.45) is 1.06. The third-order valence-electron chi connectivity index (χ3n) is 4.11. The Morgan fingerprint density at radius 2 is 1.45 bits per heavy atom. The summed E-state index contributed by atoms with van der Waals surface area (Å²) < 4.78 is 0. The first-order valence-electron chi connectivity index (χ1n) is 9.19. The van der Waals surface area contributed by atoms with Crippen molar-refractivity contribution in [3.05, 3.63) is 80.7 Å². The van der Waals surface area contributed by atoms with Gasteiger partial charge in [0.25, 0.3) is 11.6 Å². The highest BCUT2D eigenvalue weighted by molar-refractivity contribution is 5.95. The number of nitro benzene ring substituents is 1. The van der Waals surface area contributed by atoms with Gasteiger partial charge >= 0.3 is 5.69 Å². The smallest absolute Gasteiger partial charge is 0.334 e. The largest absolute Gasteiger partial charge is 0.355 e. The molecule has 0 atom stereocenters. The molecule has 0 unspecified atom stereocenters. The number of benzene rings is 2. The highest BCUT2D eigenvalue weighted by atomic mass is 16.6. The maximum absolute atomic E-state index is 12.3. The molecule has 0 aliphatic heterocycles. The Morgan fingerprint density at radius 1 is 0.848 bits per heavy atom. The molecule has 0 aliphatic rings. The Kier molecular flexibility index (Phi) is 6.68. The van der Waals surface area contributed by atoms with E-state index in [1.165, 1.54) is 19.1 Å². The van der Waals surface area contributed by atoms with E-state index in [2.05, 4.69) is 31.5 Å². The molecule has 0 radical (unpaired) electrons. The molecule has 0 saturated heterocycles. The van der Waals surface area contributed by atoms with Crippen LogP contribution in [-0.4, -0.2) is 31.6 Å². The predicted molar refractivity (Wildman–Crippen MR) is 117 cm³/mol. The molecule has 33 heavy (non-hydrogen) atoms. The number of hydrogen-bond donors (Lipinski definition) is 4. The molecule has 3 aromatic rings. The average Bonchev–Trinajstić information content (AvgIpc) is 2.78. The Hall–Kier alpha value is -5.14. The van der Waals surface area contributed by atoms with Gasteiger partial charge in [-0.1, -0.05) is 0 Å². The lowest BCUT2D eigenvalue weighted by Crippen LogP contribution is -2.30. The normalized spacial score (nSPS) is 10.1. The maximum Gasteiger partial charge on any atom is 0.355 e. The van der Waals surface area contributed by atoms with E-state index < -0.39 is 21.4 Å². The molecular weight excluding hydrogens is 436 g/mol. The van der Waals surface area contributed by atoms with Gasteiger partial charge in [-0.25, -0.2) is 9.97 Å². The van der Waals surface area contributed by atoms with Crippen LogP contribution in [0.5, 0.6) is 0 Å². The fourth-order valence-electron chi connectivity index (χ4n) is 2.63. The molecule has 0 spiro atoms. The van der Waals surface area contributed by atoms with Gasteiger partial charge in [-0.3, -0.25) is 40.7 Å². The number of nitrogens with one attached hydrogen (secondary N) is 4. The summed E-state index contributed by atoms with van der Waals surface area (Å²) in [6, 6.07) is 11.1. The van der Waals surface area contributed by atoms with Gasteiger partial charge in [0.15, 0.2) is 0 Å². The molecule has 0 saturated carbocycles. The first-order chi connectivity index (χ1) is 15.7. The summed E-state index contributed by atoms with van der Waals surface area (Å²) in [5.74, 6) is -1.37. The van der Waals surface area contributed by atoms with Crippen LogP contribution in [0.25, 0.3) is 0 Å². The van der Waals surface area contributed by atoms with Crippen molar-refractivity contribution in [2.45, 2.75) is 6.92 Å². The van der Waals surface area contributed by atoms with Gasteiger partial charge in [-0.15, -0.1) is 0 Å². The number of nitrogens with zero attached hydrogens (tertiary/aromatic N) is 4. The standard InChI is InChI=1S/C19H16N8O6/c1-11(28)22-13-4-6-14(7-5-13)23-17-16(27(32)33)18(21-10-20-17)24-25-19(29)12-2-8-15(9-3-12)26(30)31/h2-10H,1H3,(H,22,28)(H,25,29)(H2,20,21,23,24). The first kappa shape index (κ1) is 22.5. The average molecular weight is 452 g/mol. The van der Waals surface area contributed by atoms with Crippen molar-refractivity contribution >= 4 is 46.2 Å². The molecular formula is C19H16N8O6. The topological polar surface area (TPSA) is 194 Å². The summed E-state index contributed by atoms with van der Waals surface area (Å²) in [4.78, 5) is 52.1. The third-order valence-corrected chi connectivity index (χ3v) is 4.11. The van der Waals surface area contributed by atoms with Gasteiger partial charge < -0.3 is 10.6 Å². The van der Waals surface area contributed by atoms with Crippen LogP contribution in [-0.2, 0) is 4.79 Å². The van der Waals surface area contributed by atoms with Crippen molar-refractivity contribution in [1.82, 2.24) is 15.4 Å². The summed E-state index contributed by atoms with van der Waals surface area (Å²) in [5, 5.41) is 27.7. The zero-order valence-electron chi connectivity index (χ0n) is 16.9. The van der Waals surface area contributed by atoms with E-state index >= 15 is 0 Å². The summed E-state index contributed by atoms with van der Waals surface area (Å²) >= 11 is 0. The summed E-state index contributed by atoms with van der Waals surface area (Å²) in [6.45, 7) is 1.37. The van der Waals surface area contributed by atoms with E-state index in [0.29, 0.717) is 11.4 Å². The first-order valence-corrected chi connectivity index (χ1v) is 9.19. The van der Waals surface area contributed by atoms with E-state index in [-0.39, 0.29) is 28.8 Å². The SMILES string of the molecule is CC(=O)Nc1ccc(Nc2ncnc(NNC(=O)c3ccc([N+](=O)[O-])cc3)c2[N+](=O)[O-])cc1. The number of amides is 2. The van der Waals surface area contributed by atoms with Crippen LogP contribution >= 0.6 is 0 Å². The highest BCUT2D eigenvalue weighted by Crippen LogP contribution is 2.31. The van der Waals surface area contributed by atoms with Gasteiger partial charge in [0.2, 0.25) is 17.5 Å². The van der Waals surface area contributed by atoms with Crippen molar-refractivity contribution < 1.29 is 19.4 Å². The van der Waals surface area contributed by atoms with Crippen LogP contribution in [0, 0.1) is 20.2 Å². The number of non-ortho nitro benzene ring substituents is 1. The molecule has 3 rings (SSSR count). The number of rotatable bonds is 8. The lowest BCUT2D eigenvalue weighted by Gasteiger charge is -2.11. The van der Waals surface area contributed by atoms with Crippen molar-refractivity contribution in [2.24, 2.45) is 0 Å². The van der Waals surface area contributed by atoms with Crippen LogP contribution in [0.4, 0.5) is 34.4 Å². The number of nitro groups is 2. The maximum atomic E-state index is 12.3. The second kappa shape index (κ2) is 9.78. The lowest BCUT2D eigenvalue weighted by molar-refractivity contribution is -0.384. The Morgan fingerprint density at radius 3 is 2.03 bits per heavy atom. The molecule has 2 aromatic carbocycles. The molecule has 1 heterocycles. The predicted octanol–water partition coefficient (Wildman–Crippen LogP) is 2.75. The molecule has 0 fully saturated rings. The monoisotopic (exact) mass is 452 g/mol. The van der Waals surface area contributed by atoms with E-state index in [4.69, 9.17) is 0 Å². The third kappa shape index (κ3) is 5.72. The van der Waals surface area contributed by atoms with E-state index in [9.17, 15) is 29.8 Å². The molecule has 14 nitrogen and oxygen atoms in total. The minimum absolute atomic E-state index is 0.0856. The molecule has 4 N–H and O–H groups in total. The minimum Gasteiger partial charge on any atom is -0.334 e. The van der Waals surface area contributed by atoms with E-state index in [1.54, 1.807) is 24.3 Å². The Labute approximate surface area is 185 Å². The number of anilines is 4. The van der Waals surface area contributed by atoms with Gasteiger partial charge in [-0.2, -0.15) is 0 Å². The molecule has 0 aliphatic carbocycles. The fourth-order valence-corrected chi connectivity index (χ4v) is 2.63. The fraction of sp³-hybridized carbons (Fsp3) is 0.0526. The van der Waals surface area contributed by atoms with Crippen LogP contribution in [0.3, 0.4) is 0 Å². The molecule has 0 bridgehead atoms. The van der Waals surface area contributed by atoms with Crippen LogP contribution in [0.15, 0.2) is 54.9 Å². The minimum atomic E-state index is -0.728. The molecule has 14 heteroatoms. The lowest BCUT2D eigenvalue weighted by atomic mass is 10.2. The van der Waals surface area contributed by atoms with Crippen molar-refractivity contribution in [1.29, 1.82) is 0 Å². The number of carbonyl (C=O) groups is 2. The Balaban J connectivity index is 1.76. The van der Waals surface area contributed by atoms with Crippen molar-refractivity contribution in [2.75, 3.05) is 16.1 Å². The Bertz CT molecular complexity index is 1210. The highest BCUT2D eigenvalue weighted by Gasteiger charge is 2.24. The van der Waals surface area contributed by atoms with E-state index in [1.807, 2.05) is 0 Å². The molecule has 2 amide bonds. The molecule has 168 valence electrons. The number of hydrogen-bond acceptors (Lipinski definition) is 10. The van der Waals surface area contributed by atoms with Gasteiger partial charge in [-0.05, 0) is 36.4 Å². The summed E-state index contributed by atoms with van der Waals surface area (Å²) in [7, 11) is 0. The zero-order chi connectivity index (χ0) is 24.0. The number of aromatic nitrogens is 2. The van der Waals surface area contributed by atoms with Crippen LogP contribution in [0.1, 0.15) is 17.3 Å². The number of carbonyl (C=O) groups excluding carboxylic acids is 2. The van der Waals surface area contributed by atoms with Gasteiger partial charge in [0.1, 0.15) is 6.33 Å². The van der Waals surface area contributed by atoms with E-state index in [0.717, 1.165) is 18.5 Å². The van der Waals surface area contributed by atoms with Crippen molar-refractivity contribution in [3.63, 3.8) is 0 Å². The van der Waals surface area contributed by atoms with Crippen molar-refractivity contribution in [3.8, 4) is 0 Å². The van der Waals surface area contributed by atoms with Crippen LogP contribution in [0.2, 0.25) is 0 Å². The van der Waals surface area contributed by atoms with Gasteiger partial charge in [0.05, 0.1) is 9.85 Å². The zero-order valence-corrected chi connectivity index (χ0v) is 16.9. The molecule has 1 aromatic heterocycles. The second-order valence-electron chi connectivity index (χ2n) is 6.44. The summed E-state index contributed by atoms with van der Waals surface area (Å²) in [5.41, 5.74) is 4.98.